The predicted molar refractivity (Wildman–Crippen MR) is 103 cm³/mol. The summed E-state index contributed by atoms with van der Waals surface area (Å²) >= 11 is 0. The molecule has 1 aromatic heterocycles. The van der Waals surface area contributed by atoms with Crippen molar-refractivity contribution in [2.24, 2.45) is 0 Å². The lowest BCUT2D eigenvalue weighted by Gasteiger charge is -2.22. The molecule has 0 saturated carbocycles. The lowest BCUT2D eigenvalue weighted by molar-refractivity contribution is 0.304. The average molecular weight is 337 g/mol. The molecule has 4 heteroatoms. The molecule has 3 rings (SSSR count). The van der Waals surface area contributed by atoms with Gasteiger partial charge in [-0.15, -0.1) is 0 Å². The summed E-state index contributed by atoms with van der Waals surface area (Å²) in [6.45, 7) is 2.71. The molecule has 1 N–H and O–H groups in total. The maximum Gasteiger partial charge on any atom is 0.119 e. The van der Waals surface area contributed by atoms with E-state index in [9.17, 15) is 0 Å². The monoisotopic (exact) mass is 337 g/mol. The summed E-state index contributed by atoms with van der Waals surface area (Å²) in [6, 6.07) is 10.5. The summed E-state index contributed by atoms with van der Waals surface area (Å²) in [5.41, 5.74) is 3.84. The quantitative estimate of drug-likeness (QED) is 0.704. The Hall–Kier alpha value is -2.33. The number of fused-ring (bicyclic) bond motifs is 1. The minimum Gasteiger partial charge on any atom is -0.494 e. The van der Waals surface area contributed by atoms with Crippen molar-refractivity contribution in [1.82, 2.24) is 10.3 Å². The number of nitrogens with one attached hydrogen (secondary N) is 1. The van der Waals surface area contributed by atoms with Gasteiger partial charge < -0.3 is 15.0 Å². The molecule has 0 fully saturated rings. The van der Waals surface area contributed by atoms with Gasteiger partial charge in [-0.05, 0) is 67.6 Å². The van der Waals surface area contributed by atoms with E-state index in [0.29, 0.717) is 0 Å². The molecule has 0 aliphatic carbocycles. The van der Waals surface area contributed by atoms with Crippen LogP contribution in [0.25, 0.3) is 0 Å². The maximum atomic E-state index is 5.91. The van der Waals surface area contributed by atoms with Crippen LogP contribution in [0.4, 0.5) is 5.69 Å². The Kier molecular flexibility index (Phi) is 6.46. The number of hydrogen-bond acceptors (Lipinski definition) is 4. The Morgan fingerprint density at radius 1 is 1.20 bits per heavy atom. The minimum absolute atomic E-state index is 0.785. The fraction of sp³-hybridized carbons (Fsp3) is 0.381. The van der Waals surface area contributed by atoms with Crippen molar-refractivity contribution >= 4 is 5.69 Å². The smallest absolute Gasteiger partial charge is 0.119 e. The Morgan fingerprint density at radius 3 is 3.04 bits per heavy atom. The number of pyridine rings is 1. The summed E-state index contributed by atoms with van der Waals surface area (Å²) in [4.78, 5) is 6.27. The first-order valence-corrected chi connectivity index (χ1v) is 9.08. The van der Waals surface area contributed by atoms with E-state index in [-0.39, 0.29) is 0 Å². The first-order valence-electron chi connectivity index (χ1n) is 9.08. The molecule has 1 aromatic carbocycles. The normalized spacial score (nSPS) is 12.9. The predicted octanol–water partition coefficient (Wildman–Crippen LogP) is 3.93. The molecule has 0 radical (unpaired) electrons. The second-order valence-corrected chi connectivity index (χ2v) is 6.44. The second kappa shape index (κ2) is 9.23. The molecule has 0 spiro atoms. The van der Waals surface area contributed by atoms with Crippen molar-refractivity contribution in [1.29, 1.82) is 0 Å². The second-order valence-electron chi connectivity index (χ2n) is 6.44. The number of anilines is 1. The number of unbranched alkanes of at least 4 members (excludes halogenated alkanes) is 2. The van der Waals surface area contributed by atoms with Gasteiger partial charge in [-0.25, -0.2) is 0 Å². The van der Waals surface area contributed by atoms with Crippen LogP contribution in [-0.2, 0) is 13.0 Å². The SMILES string of the molecule is CN1C=CCc2cc(OCCCCCNCc3cccnc3)ccc21. The topological polar surface area (TPSA) is 37.4 Å². The van der Waals surface area contributed by atoms with Gasteiger partial charge in [0.1, 0.15) is 5.75 Å². The van der Waals surface area contributed by atoms with E-state index in [1.807, 2.05) is 12.3 Å². The van der Waals surface area contributed by atoms with E-state index >= 15 is 0 Å². The van der Waals surface area contributed by atoms with Crippen LogP contribution in [0.2, 0.25) is 0 Å². The molecule has 132 valence electrons. The Labute approximate surface area is 150 Å². The van der Waals surface area contributed by atoms with E-state index in [0.717, 1.165) is 38.3 Å². The molecule has 25 heavy (non-hydrogen) atoms. The highest BCUT2D eigenvalue weighted by atomic mass is 16.5. The van der Waals surface area contributed by atoms with E-state index < -0.39 is 0 Å². The van der Waals surface area contributed by atoms with Gasteiger partial charge in [0.25, 0.3) is 0 Å². The summed E-state index contributed by atoms with van der Waals surface area (Å²) in [5, 5.41) is 3.46. The third-order valence-electron chi connectivity index (χ3n) is 4.42. The van der Waals surface area contributed by atoms with Gasteiger partial charge in [0.05, 0.1) is 6.61 Å². The van der Waals surface area contributed by atoms with Crippen molar-refractivity contribution in [3.8, 4) is 5.75 Å². The number of nitrogens with zero attached hydrogens (tertiary/aromatic N) is 2. The van der Waals surface area contributed by atoms with Crippen LogP contribution in [0.3, 0.4) is 0 Å². The maximum absolute atomic E-state index is 5.91. The number of allylic oxidation sites excluding steroid dienone is 1. The molecular formula is C21H27N3O. The van der Waals surface area contributed by atoms with Crippen LogP contribution < -0.4 is 15.0 Å². The molecule has 0 saturated heterocycles. The van der Waals surface area contributed by atoms with E-state index in [4.69, 9.17) is 4.74 Å². The lowest BCUT2D eigenvalue weighted by Crippen LogP contribution is -2.15. The third-order valence-corrected chi connectivity index (χ3v) is 4.42. The Morgan fingerprint density at radius 2 is 2.16 bits per heavy atom. The summed E-state index contributed by atoms with van der Waals surface area (Å²) in [7, 11) is 2.08. The summed E-state index contributed by atoms with van der Waals surface area (Å²) < 4.78 is 5.91. The zero-order chi connectivity index (χ0) is 17.3. The molecular weight excluding hydrogens is 310 g/mol. The standard InChI is InChI=1S/C21H27N3O/c1-24-13-6-8-19-15-20(9-10-21(19)24)25-14-4-2-3-11-22-16-18-7-5-12-23-17-18/h5-7,9-10,12-13,15,17,22H,2-4,8,11,14,16H2,1H3. The Bertz CT molecular complexity index is 685. The molecule has 2 heterocycles. The van der Waals surface area contributed by atoms with Crippen LogP contribution in [0.1, 0.15) is 30.4 Å². The summed E-state index contributed by atoms with van der Waals surface area (Å²) in [5.74, 6) is 0.983. The molecule has 0 bridgehead atoms. The number of aromatic nitrogens is 1. The fourth-order valence-corrected chi connectivity index (χ4v) is 3.03. The van der Waals surface area contributed by atoms with Gasteiger partial charge in [0.2, 0.25) is 0 Å². The molecule has 4 nitrogen and oxygen atoms in total. The van der Waals surface area contributed by atoms with Gasteiger partial charge >= 0.3 is 0 Å². The number of rotatable bonds is 9. The van der Waals surface area contributed by atoms with Gasteiger partial charge in [0, 0.05) is 37.9 Å². The first-order chi connectivity index (χ1) is 12.3. The van der Waals surface area contributed by atoms with Crippen LogP contribution in [-0.4, -0.2) is 25.2 Å². The Balaban J connectivity index is 1.28. The number of hydrogen-bond donors (Lipinski definition) is 1. The van der Waals surface area contributed by atoms with Gasteiger partial charge in [0.15, 0.2) is 0 Å². The zero-order valence-corrected chi connectivity index (χ0v) is 14.9. The van der Waals surface area contributed by atoms with Crippen LogP contribution in [0.15, 0.2) is 55.0 Å². The van der Waals surface area contributed by atoms with Gasteiger partial charge in [-0.2, -0.15) is 0 Å². The molecule has 2 aromatic rings. The molecule has 1 aliphatic rings. The van der Waals surface area contributed by atoms with E-state index in [1.54, 1.807) is 6.20 Å². The lowest BCUT2D eigenvalue weighted by atomic mass is 10.1. The zero-order valence-electron chi connectivity index (χ0n) is 14.9. The molecule has 0 unspecified atom stereocenters. The number of benzene rings is 1. The van der Waals surface area contributed by atoms with Crippen molar-refractivity contribution in [2.45, 2.75) is 32.2 Å². The van der Waals surface area contributed by atoms with E-state index in [2.05, 4.69) is 58.8 Å². The van der Waals surface area contributed by atoms with E-state index in [1.165, 1.54) is 29.7 Å². The van der Waals surface area contributed by atoms with Gasteiger partial charge in [-0.1, -0.05) is 12.1 Å². The third kappa shape index (κ3) is 5.33. The van der Waals surface area contributed by atoms with Crippen LogP contribution >= 0.6 is 0 Å². The van der Waals surface area contributed by atoms with Crippen molar-refractivity contribution < 1.29 is 4.74 Å². The molecule has 0 atom stereocenters. The highest BCUT2D eigenvalue weighted by Crippen LogP contribution is 2.28. The largest absolute Gasteiger partial charge is 0.494 e. The number of ether oxygens (including phenoxy) is 1. The highest BCUT2D eigenvalue weighted by Gasteiger charge is 2.10. The van der Waals surface area contributed by atoms with Crippen LogP contribution in [0.5, 0.6) is 5.75 Å². The average Bonchev–Trinajstić information content (AvgIpc) is 2.65. The molecule has 0 amide bonds. The molecule has 1 aliphatic heterocycles. The minimum atomic E-state index is 0.785. The van der Waals surface area contributed by atoms with Crippen molar-refractivity contribution in [3.63, 3.8) is 0 Å². The fourth-order valence-electron chi connectivity index (χ4n) is 3.03. The first kappa shape index (κ1) is 17.5. The van der Waals surface area contributed by atoms with Crippen LogP contribution in [0, 0.1) is 0 Å². The van der Waals surface area contributed by atoms with Crippen molar-refractivity contribution in [2.75, 3.05) is 25.1 Å². The highest BCUT2D eigenvalue weighted by molar-refractivity contribution is 5.60. The van der Waals surface area contributed by atoms with Gasteiger partial charge in [-0.3, -0.25) is 4.98 Å². The summed E-state index contributed by atoms with van der Waals surface area (Å²) in [6.07, 6.45) is 12.4. The van der Waals surface area contributed by atoms with Crippen molar-refractivity contribution in [3.05, 3.63) is 66.1 Å².